The summed E-state index contributed by atoms with van der Waals surface area (Å²) < 4.78 is 0. The zero-order valence-corrected chi connectivity index (χ0v) is 13.9. The van der Waals surface area contributed by atoms with E-state index in [-0.39, 0.29) is 0 Å². The van der Waals surface area contributed by atoms with Crippen molar-refractivity contribution in [1.82, 2.24) is 0 Å². The van der Waals surface area contributed by atoms with Gasteiger partial charge in [0.1, 0.15) is 7.85 Å². The Kier molecular flexibility index (Phi) is 4.30. The van der Waals surface area contributed by atoms with E-state index in [0.29, 0.717) is 5.82 Å². The van der Waals surface area contributed by atoms with Crippen molar-refractivity contribution in [3.8, 4) is 0 Å². The molecular weight excluding hydrogens is 273 g/mol. The summed E-state index contributed by atoms with van der Waals surface area (Å²) in [6.45, 7) is 5.63. The first-order chi connectivity index (χ1) is 10.2. The molecule has 3 rings (SSSR count). The van der Waals surface area contributed by atoms with Gasteiger partial charge >= 0.3 is 0 Å². The fraction of sp³-hybridized carbons (Fsp3) is 0.333. The summed E-state index contributed by atoms with van der Waals surface area (Å²) in [5.41, 5.74) is 4.18. The lowest BCUT2D eigenvalue weighted by molar-refractivity contribution is 0.776. The van der Waals surface area contributed by atoms with Crippen LogP contribution >= 0.6 is 11.8 Å². The quantitative estimate of drug-likeness (QED) is 0.746. The zero-order chi connectivity index (χ0) is 14.8. The van der Waals surface area contributed by atoms with Crippen molar-refractivity contribution in [2.75, 3.05) is 11.4 Å². The third-order valence-corrected chi connectivity index (χ3v) is 5.18. The molecule has 1 aliphatic rings. The highest BCUT2D eigenvalue weighted by Gasteiger charge is 2.23. The molecule has 1 aliphatic heterocycles. The van der Waals surface area contributed by atoms with Gasteiger partial charge in [-0.3, -0.25) is 0 Å². The summed E-state index contributed by atoms with van der Waals surface area (Å²) in [7, 11) is 2.27. The number of hydrogen-bond donors (Lipinski definition) is 0. The monoisotopic (exact) mass is 295 g/mol. The molecular formula is C18H22BNS. The Balaban J connectivity index is 2.07. The minimum atomic E-state index is 0.575. The van der Waals surface area contributed by atoms with E-state index in [1.165, 1.54) is 39.6 Å². The van der Waals surface area contributed by atoms with Crippen molar-refractivity contribution in [1.29, 1.82) is 0 Å². The van der Waals surface area contributed by atoms with Crippen LogP contribution in [0.2, 0.25) is 0 Å². The van der Waals surface area contributed by atoms with Gasteiger partial charge in [-0.2, -0.15) is 0 Å². The summed E-state index contributed by atoms with van der Waals surface area (Å²) >= 11 is 1.90. The van der Waals surface area contributed by atoms with E-state index in [4.69, 9.17) is 0 Å². The highest BCUT2D eigenvalue weighted by atomic mass is 32.2. The van der Waals surface area contributed by atoms with Crippen molar-refractivity contribution in [2.45, 2.75) is 42.3 Å². The number of anilines is 2. The van der Waals surface area contributed by atoms with E-state index >= 15 is 0 Å². The molecule has 0 N–H and O–H groups in total. The molecule has 1 unspecified atom stereocenters. The number of para-hydroxylation sites is 1. The Labute approximate surface area is 133 Å². The standard InChI is InChI=1S/C18H22BNS/c1-3-4-11-20-15-7-5-6-8-17(15)21-18-10-9-14(13(2)19)12-16(18)20/h5-10,12-13H,3-4,11,19H2,1-2H3. The van der Waals surface area contributed by atoms with Crippen LogP contribution in [-0.4, -0.2) is 14.4 Å². The number of unbranched alkanes of at least 4 members (excludes halogenated alkanes) is 1. The lowest BCUT2D eigenvalue weighted by Crippen LogP contribution is -2.22. The Hall–Kier alpha value is -1.35. The van der Waals surface area contributed by atoms with Crippen molar-refractivity contribution in [3.63, 3.8) is 0 Å². The highest BCUT2D eigenvalue weighted by molar-refractivity contribution is 7.99. The summed E-state index contributed by atoms with van der Waals surface area (Å²) in [6, 6.07) is 15.7. The lowest BCUT2D eigenvalue weighted by atomic mass is 9.83. The van der Waals surface area contributed by atoms with Crippen LogP contribution in [0.15, 0.2) is 52.3 Å². The Morgan fingerprint density at radius 2 is 1.86 bits per heavy atom. The molecule has 21 heavy (non-hydrogen) atoms. The fourth-order valence-corrected chi connectivity index (χ4v) is 3.84. The van der Waals surface area contributed by atoms with Crippen molar-refractivity contribution < 1.29 is 0 Å². The Morgan fingerprint density at radius 3 is 2.62 bits per heavy atom. The average Bonchev–Trinajstić information content (AvgIpc) is 2.50. The molecule has 2 aromatic carbocycles. The maximum atomic E-state index is 2.51. The SMILES string of the molecule is BC(C)c1ccc2c(c1)N(CCCC)c1ccccc1S2. The van der Waals surface area contributed by atoms with Gasteiger partial charge in [0, 0.05) is 16.3 Å². The molecule has 3 heteroatoms. The summed E-state index contributed by atoms with van der Waals surface area (Å²) in [5.74, 6) is 0.575. The maximum Gasteiger partial charge on any atom is 0.110 e. The van der Waals surface area contributed by atoms with Gasteiger partial charge in [-0.25, -0.2) is 0 Å². The predicted molar refractivity (Wildman–Crippen MR) is 95.9 cm³/mol. The zero-order valence-electron chi connectivity index (χ0n) is 13.1. The van der Waals surface area contributed by atoms with Gasteiger partial charge in [0.2, 0.25) is 0 Å². The van der Waals surface area contributed by atoms with E-state index in [1.807, 2.05) is 11.8 Å². The molecule has 0 aromatic heterocycles. The Bertz CT molecular complexity index is 639. The smallest absolute Gasteiger partial charge is 0.110 e. The molecule has 2 aromatic rings. The number of fused-ring (bicyclic) bond motifs is 2. The van der Waals surface area contributed by atoms with E-state index in [1.54, 1.807) is 0 Å². The summed E-state index contributed by atoms with van der Waals surface area (Å²) in [5, 5.41) is 0. The van der Waals surface area contributed by atoms with Crippen LogP contribution in [0.1, 0.15) is 38.1 Å². The Morgan fingerprint density at radius 1 is 1.10 bits per heavy atom. The number of benzene rings is 2. The lowest BCUT2D eigenvalue weighted by Gasteiger charge is -2.33. The molecule has 0 bridgehead atoms. The number of rotatable bonds is 4. The number of hydrogen-bond acceptors (Lipinski definition) is 2. The largest absolute Gasteiger partial charge is 0.340 e. The van der Waals surface area contributed by atoms with E-state index < -0.39 is 0 Å². The van der Waals surface area contributed by atoms with E-state index in [2.05, 4.69) is 69.1 Å². The van der Waals surface area contributed by atoms with Gasteiger partial charge in [0.25, 0.3) is 0 Å². The van der Waals surface area contributed by atoms with Crippen LogP contribution in [0.5, 0.6) is 0 Å². The molecule has 0 fully saturated rings. The first-order valence-electron chi connectivity index (χ1n) is 7.89. The van der Waals surface area contributed by atoms with Gasteiger partial charge in [-0.1, -0.05) is 55.8 Å². The van der Waals surface area contributed by atoms with Gasteiger partial charge in [-0.05, 0) is 36.5 Å². The van der Waals surface area contributed by atoms with E-state index in [0.717, 1.165) is 6.54 Å². The first-order valence-corrected chi connectivity index (χ1v) is 8.70. The molecule has 0 amide bonds. The molecule has 0 aliphatic carbocycles. The number of nitrogens with zero attached hydrogens (tertiary/aromatic N) is 1. The summed E-state index contributed by atoms with van der Waals surface area (Å²) in [4.78, 5) is 5.27. The molecule has 108 valence electrons. The van der Waals surface area contributed by atoms with Crippen LogP contribution in [0, 0.1) is 0 Å². The minimum absolute atomic E-state index is 0.575. The van der Waals surface area contributed by atoms with Gasteiger partial charge in [0.15, 0.2) is 0 Å². The van der Waals surface area contributed by atoms with E-state index in [9.17, 15) is 0 Å². The van der Waals surface area contributed by atoms with Gasteiger partial charge in [-0.15, -0.1) is 0 Å². The molecule has 0 radical (unpaired) electrons. The predicted octanol–water partition coefficient (Wildman–Crippen LogP) is 4.78. The fourth-order valence-electron chi connectivity index (χ4n) is 2.76. The van der Waals surface area contributed by atoms with Gasteiger partial charge < -0.3 is 4.90 Å². The summed E-state index contributed by atoms with van der Waals surface area (Å²) in [6.07, 6.45) is 2.45. The van der Waals surface area contributed by atoms with Crippen LogP contribution in [0.25, 0.3) is 0 Å². The molecule has 1 heterocycles. The van der Waals surface area contributed by atoms with Crippen molar-refractivity contribution in [2.24, 2.45) is 0 Å². The topological polar surface area (TPSA) is 3.24 Å². The first kappa shape index (κ1) is 14.6. The second-order valence-corrected chi connectivity index (χ2v) is 7.04. The van der Waals surface area contributed by atoms with Crippen LogP contribution < -0.4 is 4.90 Å². The normalized spacial score (nSPS) is 14.5. The highest BCUT2D eigenvalue weighted by Crippen LogP contribution is 2.48. The maximum absolute atomic E-state index is 2.51. The molecule has 1 atom stereocenters. The third-order valence-electron chi connectivity index (χ3n) is 4.05. The van der Waals surface area contributed by atoms with Crippen molar-refractivity contribution >= 4 is 31.0 Å². The average molecular weight is 295 g/mol. The van der Waals surface area contributed by atoms with Crippen LogP contribution in [0.3, 0.4) is 0 Å². The van der Waals surface area contributed by atoms with Crippen LogP contribution in [0.4, 0.5) is 11.4 Å². The van der Waals surface area contributed by atoms with Crippen molar-refractivity contribution in [3.05, 3.63) is 48.0 Å². The minimum Gasteiger partial charge on any atom is -0.340 e. The molecule has 0 saturated carbocycles. The molecule has 1 nitrogen and oxygen atoms in total. The van der Waals surface area contributed by atoms with Gasteiger partial charge in [0.05, 0.1) is 11.4 Å². The second kappa shape index (κ2) is 6.19. The molecule has 0 saturated heterocycles. The second-order valence-electron chi connectivity index (χ2n) is 5.96. The molecule has 0 spiro atoms. The third kappa shape index (κ3) is 2.84. The van der Waals surface area contributed by atoms with Crippen LogP contribution in [-0.2, 0) is 0 Å².